The lowest BCUT2D eigenvalue weighted by Gasteiger charge is -2.40. The maximum atomic E-state index is 13.4. The van der Waals surface area contributed by atoms with Crippen molar-refractivity contribution in [1.82, 2.24) is 15.2 Å². The quantitative estimate of drug-likeness (QED) is 0.718. The number of nitrogens with zero attached hydrogens (tertiary/aromatic N) is 2. The first-order valence-electron chi connectivity index (χ1n) is 12.3. The van der Waals surface area contributed by atoms with E-state index in [1.807, 2.05) is 0 Å². The van der Waals surface area contributed by atoms with Crippen molar-refractivity contribution in [3.05, 3.63) is 29.2 Å². The molecule has 3 aliphatic rings. The van der Waals surface area contributed by atoms with Gasteiger partial charge in [-0.15, -0.1) is 0 Å². The summed E-state index contributed by atoms with van der Waals surface area (Å²) in [7, 11) is 0. The van der Waals surface area contributed by atoms with E-state index in [1.54, 1.807) is 24.8 Å². The fourth-order valence-corrected chi connectivity index (χ4v) is 5.44. The zero-order valence-electron chi connectivity index (χ0n) is 20.8. The minimum atomic E-state index is -0.942. The second-order valence-corrected chi connectivity index (χ2v) is 11.3. The van der Waals surface area contributed by atoms with Crippen LogP contribution >= 0.6 is 0 Å². The SMILES string of the molecule is CC(C)(C)c1cc(C2CCC3(CC2)OCCO3)nc2cc(C(=O)N3CCNC(=O)C3(C)C)oc12. The number of hydrogen-bond donors (Lipinski definition) is 1. The topological polar surface area (TPSA) is 93.9 Å². The summed E-state index contributed by atoms with van der Waals surface area (Å²) < 4.78 is 18.0. The average Bonchev–Trinajstić information content (AvgIpc) is 3.41. The van der Waals surface area contributed by atoms with Crippen LogP contribution in [0.15, 0.2) is 16.5 Å². The first-order chi connectivity index (χ1) is 16.0. The zero-order valence-corrected chi connectivity index (χ0v) is 20.8. The second kappa shape index (κ2) is 8.05. The Balaban J connectivity index is 1.49. The lowest BCUT2D eigenvalue weighted by atomic mass is 9.80. The van der Waals surface area contributed by atoms with Gasteiger partial charge in [0.1, 0.15) is 11.1 Å². The molecule has 0 radical (unpaired) electrons. The number of ether oxygens (including phenoxy) is 2. The van der Waals surface area contributed by atoms with Gasteiger partial charge < -0.3 is 24.1 Å². The van der Waals surface area contributed by atoms with Crippen LogP contribution in [0.3, 0.4) is 0 Å². The lowest BCUT2D eigenvalue weighted by Crippen LogP contribution is -2.63. The summed E-state index contributed by atoms with van der Waals surface area (Å²) in [6.07, 6.45) is 3.62. The van der Waals surface area contributed by atoms with Gasteiger partial charge in [0.25, 0.3) is 5.91 Å². The summed E-state index contributed by atoms with van der Waals surface area (Å²) in [6, 6.07) is 3.89. The Kier molecular flexibility index (Phi) is 5.52. The highest BCUT2D eigenvalue weighted by Crippen LogP contribution is 2.43. The number of hydrogen-bond acceptors (Lipinski definition) is 6. The molecule has 0 bridgehead atoms. The largest absolute Gasteiger partial charge is 0.449 e. The van der Waals surface area contributed by atoms with Crippen molar-refractivity contribution in [2.75, 3.05) is 26.3 Å². The average molecular weight is 470 g/mol. The van der Waals surface area contributed by atoms with Crippen LogP contribution in [0.25, 0.3) is 11.1 Å². The number of rotatable bonds is 2. The maximum absolute atomic E-state index is 13.4. The molecule has 1 aliphatic carbocycles. The molecule has 0 unspecified atom stereocenters. The van der Waals surface area contributed by atoms with Crippen molar-refractivity contribution in [2.24, 2.45) is 0 Å². The number of aromatic nitrogens is 1. The predicted molar refractivity (Wildman–Crippen MR) is 127 cm³/mol. The van der Waals surface area contributed by atoms with Crippen LogP contribution in [-0.4, -0.2) is 59.3 Å². The van der Waals surface area contributed by atoms with Gasteiger partial charge in [-0.2, -0.15) is 0 Å². The fraction of sp³-hybridized carbons (Fsp3) is 0.654. The van der Waals surface area contributed by atoms with Crippen LogP contribution in [0.5, 0.6) is 0 Å². The third kappa shape index (κ3) is 3.90. The predicted octanol–water partition coefficient (Wildman–Crippen LogP) is 3.88. The Bertz CT molecular complexity index is 1110. The Morgan fingerprint density at radius 3 is 2.47 bits per heavy atom. The van der Waals surface area contributed by atoms with E-state index in [0.29, 0.717) is 43.3 Å². The summed E-state index contributed by atoms with van der Waals surface area (Å²) in [4.78, 5) is 32.3. The highest BCUT2D eigenvalue weighted by Gasteiger charge is 2.43. The molecule has 2 saturated heterocycles. The molecule has 8 nitrogen and oxygen atoms in total. The molecule has 2 aromatic heterocycles. The number of piperazine rings is 1. The molecule has 3 fully saturated rings. The van der Waals surface area contributed by atoms with Crippen molar-refractivity contribution in [2.45, 2.75) is 83.0 Å². The normalized spacial score (nSPS) is 23.0. The second-order valence-electron chi connectivity index (χ2n) is 11.3. The van der Waals surface area contributed by atoms with Crippen LogP contribution < -0.4 is 5.32 Å². The molecule has 1 saturated carbocycles. The van der Waals surface area contributed by atoms with E-state index in [4.69, 9.17) is 18.9 Å². The van der Waals surface area contributed by atoms with E-state index in [-0.39, 0.29) is 23.0 Å². The monoisotopic (exact) mass is 469 g/mol. The summed E-state index contributed by atoms with van der Waals surface area (Å²) >= 11 is 0. The third-order valence-electron chi connectivity index (χ3n) is 7.59. The lowest BCUT2D eigenvalue weighted by molar-refractivity contribution is -0.178. The highest BCUT2D eigenvalue weighted by atomic mass is 16.7. The summed E-state index contributed by atoms with van der Waals surface area (Å²) in [5.41, 5.74) is 2.28. The molecule has 0 aromatic carbocycles. The summed E-state index contributed by atoms with van der Waals surface area (Å²) in [5.74, 6) is -0.319. The molecule has 8 heteroatoms. The third-order valence-corrected chi connectivity index (χ3v) is 7.59. The number of nitrogens with one attached hydrogen (secondary N) is 1. The molecule has 2 aromatic rings. The maximum Gasteiger partial charge on any atom is 0.290 e. The Morgan fingerprint density at radius 1 is 1.15 bits per heavy atom. The number of carbonyl (C=O) groups excluding carboxylic acids is 2. The summed E-state index contributed by atoms with van der Waals surface area (Å²) in [5, 5.41) is 2.83. The molecule has 1 N–H and O–H groups in total. The number of furan rings is 1. The fourth-order valence-electron chi connectivity index (χ4n) is 5.44. The van der Waals surface area contributed by atoms with E-state index in [0.717, 1.165) is 36.9 Å². The van der Waals surface area contributed by atoms with E-state index in [9.17, 15) is 9.59 Å². The minimum absolute atomic E-state index is 0.163. The van der Waals surface area contributed by atoms with Gasteiger partial charge in [-0.05, 0) is 38.2 Å². The molecule has 0 atom stereocenters. The minimum Gasteiger partial charge on any atom is -0.449 e. The van der Waals surface area contributed by atoms with Crippen LogP contribution in [0.1, 0.15) is 88.0 Å². The van der Waals surface area contributed by atoms with Gasteiger partial charge in [-0.3, -0.25) is 9.59 Å². The van der Waals surface area contributed by atoms with Crippen molar-refractivity contribution in [1.29, 1.82) is 0 Å². The first kappa shape index (κ1) is 23.3. The molecular formula is C26H35N3O5. The van der Waals surface area contributed by atoms with Crippen LogP contribution in [0.4, 0.5) is 0 Å². The van der Waals surface area contributed by atoms with E-state index >= 15 is 0 Å². The molecule has 2 amide bonds. The molecular weight excluding hydrogens is 434 g/mol. The standard InChI is InChI=1S/C26H35N3O5/c1-24(2,3)17-14-18(16-6-8-26(9-7-16)32-12-13-33-26)28-19-15-20(34-21(17)19)22(30)29-11-10-27-23(31)25(29,4)5/h14-16H,6-13H2,1-5H3,(H,27,31). The van der Waals surface area contributed by atoms with Crippen molar-refractivity contribution in [3.63, 3.8) is 0 Å². The van der Waals surface area contributed by atoms with E-state index < -0.39 is 11.3 Å². The van der Waals surface area contributed by atoms with Gasteiger partial charge in [-0.1, -0.05) is 20.8 Å². The first-order valence-corrected chi connectivity index (χ1v) is 12.3. The summed E-state index contributed by atoms with van der Waals surface area (Å²) in [6.45, 7) is 12.2. The van der Waals surface area contributed by atoms with Crippen LogP contribution in [0, 0.1) is 0 Å². The number of carbonyl (C=O) groups is 2. The van der Waals surface area contributed by atoms with E-state index in [2.05, 4.69) is 32.2 Å². The van der Waals surface area contributed by atoms with Gasteiger partial charge in [0, 0.05) is 49.2 Å². The molecule has 34 heavy (non-hydrogen) atoms. The molecule has 5 rings (SSSR count). The molecule has 1 spiro atoms. The smallest absolute Gasteiger partial charge is 0.290 e. The number of amides is 2. The van der Waals surface area contributed by atoms with Crippen LogP contribution in [-0.2, 0) is 19.7 Å². The van der Waals surface area contributed by atoms with Gasteiger partial charge in [0.05, 0.1) is 13.2 Å². The number of fused-ring (bicyclic) bond motifs is 1. The Hall–Kier alpha value is -2.45. The van der Waals surface area contributed by atoms with Gasteiger partial charge >= 0.3 is 0 Å². The Labute approximate surface area is 200 Å². The van der Waals surface area contributed by atoms with Gasteiger partial charge in [0.15, 0.2) is 17.1 Å². The van der Waals surface area contributed by atoms with Crippen molar-refractivity contribution < 1.29 is 23.5 Å². The molecule has 2 aliphatic heterocycles. The molecule has 4 heterocycles. The van der Waals surface area contributed by atoms with Gasteiger partial charge in [0.2, 0.25) is 5.91 Å². The number of pyridine rings is 1. The molecule has 184 valence electrons. The van der Waals surface area contributed by atoms with Crippen molar-refractivity contribution in [3.8, 4) is 0 Å². The van der Waals surface area contributed by atoms with E-state index in [1.165, 1.54) is 0 Å². The van der Waals surface area contributed by atoms with Crippen LogP contribution in [0.2, 0.25) is 0 Å². The van der Waals surface area contributed by atoms with Crippen molar-refractivity contribution >= 4 is 22.9 Å². The van der Waals surface area contributed by atoms with Gasteiger partial charge in [-0.25, -0.2) is 4.98 Å². The Morgan fingerprint density at radius 2 is 1.82 bits per heavy atom. The highest BCUT2D eigenvalue weighted by molar-refractivity contribution is 6.00. The zero-order chi connectivity index (χ0) is 24.3.